The lowest BCUT2D eigenvalue weighted by molar-refractivity contribution is 0.578. The molecule has 24 heavy (non-hydrogen) atoms. The van der Waals surface area contributed by atoms with E-state index in [4.69, 9.17) is 0 Å². The number of aromatic nitrogens is 2. The van der Waals surface area contributed by atoms with Gasteiger partial charge in [-0.2, -0.15) is 0 Å². The first kappa shape index (κ1) is 18.4. The van der Waals surface area contributed by atoms with Crippen LogP contribution in [0.4, 0.5) is 5.82 Å². The Morgan fingerprint density at radius 3 is 2.21 bits per heavy atom. The SMILES string of the molecule is Cc1cc(N(C)C)nc(CNS(=O)(=O)c2cc(C)c(C)cc2C)n1. The molecule has 0 radical (unpaired) electrons. The van der Waals surface area contributed by atoms with Crippen molar-refractivity contribution in [1.82, 2.24) is 14.7 Å². The Balaban J connectivity index is 2.27. The van der Waals surface area contributed by atoms with Gasteiger partial charge in [0.1, 0.15) is 11.6 Å². The number of hydrogen-bond acceptors (Lipinski definition) is 5. The number of sulfonamides is 1. The maximum Gasteiger partial charge on any atom is 0.241 e. The molecule has 0 spiro atoms. The molecule has 130 valence electrons. The van der Waals surface area contributed by atoms with E-state index >= 15 is 0 Å². The van der Waals surface area contributed by atoms with Crippen molar-refractivity contribution in [2.24, 2.45) is 0 Å². The van der Waals surface area contributed by atoms with Crippen molar-refractivity contribution >= 4 is 15.8 Å². The zero-order chi connectivity index (χ0) is 18.1. The highest BCUT2D eigenvalue weighted by molar-refractivity contribution is 7.89. The predicted molar refractivity (Wildman–Crippen MR) is 95.8 cm³/mol. The molecule has 0 fully saturated rings. The number of anilines is 1. The summed E-state index contributed by atoms with van der Waals surface area (Å²) in [4.78, 5) is 10.8. The molecule has 0 unspecified atom stereocenters. The van der Waals surface area contributed by atoms with Crippen molar-refractivity contribution < 1.29 is 8.42 Å². The van der Waals surface area contributed by atoms with Gasteiger partial charge in [0, 0.05) is 25.9 Å². The van der Waals surface area contributed by atoms with Crippen molar-refractivity contribution in [2.75, 3.05) is 19.0 Å². The molecule has 7 heteroatoms. The fourth-order valence-corrected chi connectivity index (χ4v) is 3.67. The molecule has 0 saturated carbocycles. The Bertz CT molecular complexity index is 861. The summed E-state index contributed by atoms with van der Waals surface area (Å²) >= 11 is 0. The van der Waals surface area contributed by atoms with Crippen LogP contribution in [-0.4, -0.2) is 32.5 Å². The molecule has 6 nitrogen and oxygen atoms in total. The highest BCUT2D eigenvalue weighted by Gasteiger charge is 2.18. The molecular formula is C17H24N4O2S. The molecule has 0 aliphatic carbocycles. The third kappa shape index (κ3) is 4.10. The third-order valence-corrected chi connectivity index (χ3v) is 5.39. The van der Waals surface area contributed by atoms with E-state index in [1.54, 1.807) is 13.0 Å². The van der Waals surface area contributed by atoms with Gasteiger partial charge in [-0.3, -0.25) is 0 Å². The van der Waals surface area contributed by atoms with E-state index in [1.807, 2.05) is 51.9 Å². The van der Waals surface area contributed by atoms with Crippen LogP contribution in [0.3, 0.4) is 0 Å². The van der Waals surface area contributed by atoms with E-state index in [0.29, 0.717) is 10.7 Å². The summed E-state index contributed by atoms with van der Waals surface area (Å²) in [6.07, 6.45) is 0. The van der Waals surface area contributed by atoms with Gasteiger partial charge in [-0.15, -0.1) is 0 Å². The second-order valence-electron chi connectivity index (χ2n) is 6.20. The summed E-state index contributed by atoms with van der Waals surface area (Å²) in [7, 11) is 0.148. The lowest BCUT2D eigenvalue weighted by atomic mass is 10.1. The molecule has 0 saturated heterocycles. The first-order chi connectivity index (χ1) is 11.1. The molecule has 2 aromatic rings. The molecule has 1 N–H and O–H groups in total. The van der Waals surface area contributed by atoms with Crippen LogP contribution >= 0.6 is 0 Å². The average molecular weight is 348 g/mol. The van der Waals surface area contributed by atoms with Gasteiger partial charge in [-0.05, 0) is 50.5 Å². The molecule has 0 aliphatic rings. The van der Waals surface area contributed by atoms with E-state index in [-0.39, 0.29) is 6.54 Å². The highest BCUT2D eigenvalue weighted by atomic mass is 32.2. The molecule has 0 amide bonds. The number of nitrogens with one attached hydrogen (secondary N) is 1. The van der Waals surface area contributed by atoms with Crippen LogP contribution in [0, 0.1) is 27.7 Å². The Kier molecular flexibility index (Phi) is 5.25. The standard InChI is InChI=1S/C17H24N4O2S/c1-11-7-13(3)15(8-12(11)2)24(22,23)18-10-16-19-14(4)9-17(20-16)21(5)6/h7-9,18H,10H2,1-6H3. The van der Waals surface area contributed by atoms with Gasteiger partial charge < -0.3 is 4.90 Å². The smallest absolute Gasteiger partial charge is 0.241 e. The van der Waals surface area contributed by atoms with E-state index in [2.05, 4.69) is 14.7 Å². The van der Waals surface area contributed by atoms with Crippen molar-refractivity contribution in [1.29, 1.82) is 0 Å². The molecule has 2 rings (SSSR count). The predicted octanol–water partition coefficient (Wildman–Crippen LogP) is 2.25. The second kappa shape index (κ2) is 6.86. The lowest BCUT2D eigenvalue weighted by Crippen LogP contribution is -2.26. The van der Waals surface area contributed by atoms with Crippen LogP contribution in [0.25, 0.3) is 0 Å². The number of hydrogen-bond donors (Lipinski definition) is 1. The monoisotopic (exact) mass is 348 g/mol. The Morgan fingerprint density at radius 1 is 0.958 bits per heavy atom. The van der Waals surface area contributed by atoms with Crippen molar-refractivity contribution in [3.63, 3.8) is 0 Å². The number of nitrogens with zero attached hydrogens (tertiary/aromatic N) is 3. The van der Waals surface area contributed by atoms with E-state index in [0.717, 1.165) is 28.2 Å². The van der Waals surface area contributed by atoms with Gasteiger partial charge in [0.15, 0.2) is 0 Å². The van der Waals surface area contributed by atoms with Crippen molar-refractivity contribution in [3.8, 4) is 0 Å². The van der Waals surface area contributed by atoms with E-state index in [9.17, 15) is 8.42 Å². The van der Waals surface area contributed by atoms with Crippen LogP contribution in [0.15, 0.2) is 23.1 Å². The third-order valence-electron chi connectivity index (χ3n) is 3.85. The first-order valence-electron chi connectivity index (χ1n) is 7.69. The molecule has 1 aromatic carbocycles. The summed E-state index contributed by atoms with van der Waals surface area (Å²) in [6, 6.07) is 5.44. The van der Waals surface area contributed by atoms with Crippen LogP contribution in [0.2, 0.25) is 0 Å². The Labute approximate surface area is 144 Å². The maximum atomic E-state index is 12.6. The number of aryl methyl sites for hydroxylation is 4. The minimum Gasteiger partial charge on any atom is -0.363 e. The highest BCUT2D eigenvalue weighted by Crippen LogP contribution is 2.20. The quantitative estimate of drug-likeness (QED) is 0.897. The summed E-state index contributed by atoms with van der Waals surface area (Å²) in [5.41, 5.74) is 3.54. The minimum atomic E-state index is -3.62. The topological polar surface area (TPSA) is 75.2 Å². The normalized spacial score (nSPS) is 11.6. The number of rotatable bonds is 5. The van der Waals surface area contributed by atoms with Gasteiger partial charge >= 0.3 is 0 Å². The van der Waals surface area contributed by atoms with Crippen LogP contribution in [0.5, 0.6) is 0 Å². The summed E-state index contributed by atoms with van der Waals surface area (Å²) < 4.78 is 27.8. The Morgan fingerprint density at radius 2 is 1.58 bits per heavy atom. The van der Waals surface area contributed by atoms with Gasteiger partial charge in [-0.1, -0.05) is 6.07 Å². The minimum absolute atomic E-state index is 0.0528. The van der Waals surface area contributed by atoms with Crippen LogP contribution < -0.4 is 9.62 Å². The molecule has 1 heterocycles. The van der Waals surface area contributed by atoms with Gasteiger partial charge in [0.2, 0.25) is 10.0 Å². The largest absolute Gasteiger partial charge is 0.363 e. The number of benzene rings is 1. The Hall–Kier alpha value is -1.99. The summed E-state index contributed by atoms with van der Waals surface area (Å²) in [6.45, 7) is 7.59. The average Bonchev–Trinajstić information content (AvgIpc) is 2.48. The molecule has 1 aromatic heterocycles. The molecule has 0 atom stereocenters. The molecule has 0 aliphatic heterocycles. The fraction of sp³-hybridized carbons (Fsp3) is 0.412. The van der Waals surface area contributed by atoms with Gasteiger partial charge in [0.05, 0.1) is 11.4 Å². The van der Waals surface area contributed by atoms with Crippen LogP contribution in [0.1, 0.15) is 28.2 Å². The molecule has 0 bridgehead atoms. The van der Waals surface area contributed by atoms with Gasteiger partial charge in [0.25, 0.3) is 0 Å². The fourth-order valence-electron chi connectivity index (χ4n) is 2.38. The van der Waals surface area contributed by atoms with E-state index < -0.39 is 10.0 Å². The van der Waals surface area contributed by atoms with Crippen molar-refractivity contribution in [2.45, 2.75) is 39.1 Å². The van der Waals surface area contributed by atoms with E-state index in [1.165, 1.54) is 0 Å². The first-order valence-corrected chi connectivity index (χ1v) is 9.18. The summed E-state index contributed by atoms with van der Waals surface area (Å²) in [5.74, 6) is 1.20. The lowest BCUT2D eigenvalue weighted by Gasteiger charge is -2.14. The summed E-state index contributed by atoms with van der Waals surface area (Å²) in [5, 5.41) is 0. The zero-order valence-electron chi connectivity index (χ0n) is 15.0. The van der Waals surface area contributed by atoms with Crippen LogP contribution in [-0.2, 0) is 16.6 Å². The zero-order valence-corrected chi connectivity index (χ0v) is 15.8. The molecular weight excluding hydrogens is 324 g/mol. The van der Waals surface area contributed by atoms with Gasteiger partial charge in [-0.25, -0.2) is 23.1 Å². The second-order valence-corrected chi connectivity index (χ2v) is 7.94. The van der Waals surface area contributed by atoms with Crippen molar-refractivity contribution in [3.05, 3.63) is 46.4 Å². The maximum absolute atomic E-state index is 12.6.